The summed E-state index contributed by atoms with van der Waals surface area (Å²) in [5.74, 6) is 0. The van der Waals surface area contributed by atoms with E-state index in [9.17, 15) is 0 Å². The molecule has 37 heavy (non-hydrogen) atoms. The minimum Gasteiger partial charge on any atom is -0.305 e. The third-order valence-electron chi connectivity index (χ3n) is 7.57. The number of benzene rings is 7. The Morgan fingerprint density at radius 3 is 1.73 bits per heavy atom. The van der Waals surface area contributed by atoms with Gasteiger partial charge in [0, 0.05) is 5.71 Å². The topological polar surface area (TPSA) is 23.9 Å². The largest absolute Gasteiger partial charge is 0.305 e. The van der Waals surface area contributed by atoms with Crippen molar-refractivity contribution in [2.45, 2.75) is 6.92 Å². The van der Waals surface area contributed by atoms with E-state index in [1.165, 1.54) is 59.8 Å². The molecule has 0 spiro atoms. The molecule has 0 aliphatic rings. The van der Waals surface area contributed by atoms with E-state index in [2.05, 4.69) is 121 Å². The Kier molecular flexibility index (Phi) is 4.90. The Labute approximate surface area is 216 Å². The summed E-state index contributed by atoms with van der Waals surface area (Å²) in [4.78, 5) is 0. The van der Waals surface area contributed by atoms with Gasteiger partial charge in [0.2, 0.25) is 0 Å². The maximum absolute atomic E-state index is 8.21. The predicted octanol–water partition coefficient (Wildman–Crippen LogP) is 10.0. The molecule has 174 valence electrons. The van der Waals surface area contributed by atoms with Crippen molar-refractivity contribution in [3.8, 4) is 22.3 Å². The summed E-state index contributed by atoms with van der Waals surface area (Å²) in [5, 5.41) is 18.4. The fraction of sp³-hybridized carbons (Fsp3) is 0.0278. The highest BCUT2D eigenvalue weighted by Crippen LogP contribution is 2.41. The normalized spacial score (nSPS) is 11.5. The molecular weight excluding hydrogens is 446 g/mol. The highest BCUT2D eigenvalue weighted by atomic mass is 14.4. The average molecular weight is 472 g/mol. The third-order valence-corrected chi connectivity index (χ3v) is 7.57. The number of fused-ring (bicyclic) bond motifs is 7. The number of rotatable bonds is 3. The van der Waals surface area contributed by atoms with Crippen molar-refractivity contribution in [2.24, 2.45) is 0 Å². The van der Waals surface area contributed by atoms with Crippen LogP contribution in [0.1, 0.15) is 12.5 Å². The Morgan fingerprint density at radius 2 is 1.05 bits per heavy atom. The van der Waals surface area contributed by atoms with Crippen LogP contribution in [0, 0.1) is 5.41 Å². The molecule has 0 atom stereocenters. The molecule has 7 rings (SSSR count). The van der Waals surface area contributed by atoms with Gasteiger partial charge in [-0.2, -0.15) is 0 Å². The molecule has 0 unspecified atom stereocenters. The molecule has 0 bridgehead atoms. The molecule has 0 aliphatic carbocycles. The first-order chi connectivity index (χ1) is 18.2. The fourth-order valence-corrected chi connectivity index (χ4v) is 5.81. The van der Waals surface area contributed by atoms with Crippen LogP contribution in [0.2, 0.25) is 0 Å². The van der Waals surface area contributed by atoms with Crippen molar-refractivity contribution < 1.29 is 0 Å². The van der Waals surface area contributed by atoms with Crippen LogP contribution in [0.15, 0.2) is 127 Å². The molecule has 1 nitrogen and oxygen atoms in total. The molecule has 0 amide bonds. The Hall–Kier alpha value is -4.75. The van der Waals surface area contributed by atoms with Gasteiger partial charge in [0.1, 0.15) is 0 Å². The lowest BCUT2D eigenvalue weighted by Gasteiger charge is -2.17. The second-order valence-corrected chi connectivity index (χ2v) is 9.77. The Balaban J connectivity index is 1.57. The molecule has 1 N–H and O–H groups in total. The van der Waals surface area contributed by atoms with Gasteiger partial charge in [-0.1, -0.05) is 115 Å². The molecule has 0 radical (unpaired) electrons. The van der Waals surface area contributed by atoms with Crippen LogP contribution in [-0.2, 0) is 0 Å². The summed E-state index contributed by atoms with van der Waals surface area (Å²) in [6.45, 7) is 1.85. The van der Waals surface area contributed by atoms with Crippen LogP contribution in [0.3, 0.4) is 0 Å². The van der Waals surface area contributed by atoms with E-state index in [1.54, 1.807) is 0 Å². The third kappa shape index (κ3) is 3.43. The summed E-state index contributed by atoms with van der Waals surface area (Å²) in [7, 11) is 0. The van der Waals surface area contributed by atoms with Crippen LogP contribution < -0.4 is 0 Å². The average Bonchev–Trinajstić information content (AvgIpc) is 2.96. The van der Waals surface area contributed by atoms with Crippen molar-refractivity contribution in [3.05, 3.63) is 133 Å². The summed E-state index contributed by atoms with van der Waals surface area (Å²) in [6.07, 6.45) is 0. The second-order valence-electron chi connectivity index (χ2n) is 9.77. The Morgan fingerprint density at radius 1 is 0.459 bits per heavy atom. The van der Waals surface area contributed by atoms with Gasteiger partial charge < -0.3 is 5.41 Å². The lowest BCUT2D eigenvalue weighted by molar-refractivity contribution is 1.45. The summed E-state index contributed by atoms with van der Waals surface area (Å²) >= 11 is 0. The SMILES string of the molecule is CC(=N)c1cccc(-c2c(-c3ccc4c5ccccc5c5ccccc5c4c3)ccc3ccccc23)c1. The number of hydrogen-bond donors (Lipinski definition) is 1. The van der Waals surface area contributed by atoms with E-state index in [4.69, 9.17) is 5.41 Å². The summed E-state index contributed by atoms with van der Waals surface area (Å²) in [6, 6.07) is 45.8. The van der Waals surface area contributed by atoms with Crippen molar-refractivity contribution >= 4 is 48.8 Å². The quantitative estimate of drug-likeness (QED) is 0.196. The van der Waals surface area contributed by atoms with Crippen LogP contribution >= 0.6 is 0 Å². The number of hydrogen-bond acceptors (Lipinski definition) is 1. The minimum atomic E-state index is 0.577. The van der Waals surface area contributed by atoms with Crippen LogP contribution in [-0.4, -0.2) is 5.71 Å². The zero-order valence-corrected chi connectivity index (χ0v) is 20.6. The molecular formula is C36H25N. The second kappa shape index (κ2) is 8.43. The molecule has 0 fully saturated rings. The zero-order chi connectivity index (χ0) is 24.9. The monoisotopic (exact) mass is 471 g/mol. The van der Waals surface area contributed by atoms with E-state index in [-0.39, 0.29) is 0 Å². The van der Waals surface area contributed by atoms with Gasteiger partial charge in [-0.05, 0) is 90.0 Å². The van der Waals surface area contributed by atoms with Gasteiger partial charge in [-0.25, -0.2) is 0 Å². The van der Waals surface area contributed by atoms with E-state index in [0.29, 0.717) is 5.71 Å². The molecule has 0 saturated carbocycles. The molecule has 1 heteroatoms. The standard InChI is InChI=1S/C36H25N/c1-23(37)25-10-8-11-27(21-25)36-28-12-3-2-9-24(28)17-19-29(36)26-18-20-34-32-15-5-4-13-30(32)31-14-6-7-16-33(31)35(34)22-26/h2-22,37H,1H3. The fourth-order valence-electron chi connectivity index (χ4n) is 5.81. The van der Waals surface area contributed by atoms with Crippen LogP contribution in [0.4, 0.5) is 0 Å². The predicted molar refractivity (Wildman–Crippen MR) is 160 cm³/mol. The highest BCUT2D eigenvalue weighted by Gasteiger charge is 2.15. The highest BCUT2D eigenvalue weighted by molar-refractivity contribution is 6.26. The first-order valence-electron chi connectivity index (χ1n) is 12.7. The first kappa shape index (κ1) is 21.5. The molecule has 0 aliphatic heterocycles. The van der Waals surface area contributed by atoms with Crippen molar-refractivity contribution in [3.63, 3.8) is 0 Å². The van der Waals surface area contributed by atoms with Gasteiger partial charge in [-0.3, -0.25) is 0 Å². The van der Waals surface area contributed by atoms with Gasteiger partial charge >= 0.3 is 0 Å². The summed E-state index contributed by atoms with van der Waals surface area (Å²) in [5.41, 5.74) is 6.29. The van der Waals surface area contributed by atoms with E-state index >= 15 is 0 Å². The van der Waals surface area contributed by atoms with Gasteiger partial charge in [0.15, 0.2) is 0 Å². The number of nitrogens with one attached hydrogen (secondary N) is 1. The first-order valence-corrected chi connectivity index (χ1v) is 12.7. The zero-order valence-electron chi connectivity index (χ0n) is 20.6. The van der Waals surface area contributed by atoms with Crippen molar-refractivity contribution in [1.29, 1.82) is 5.41 Å². The minimum absolute atomic E-state index is 0.577. The van der Waals surface area contributed by atoms with Gasteiger partial charge in [0.05, 0.1) is 0 Å². The van der Waals surface area contributed by atoms with Crippen LogP contribution in [0.5, 0.6) is 0 Å². The molecule has 7 aromatic carbocycles. The maximum atomic E-state index is 8.21. The summed E-state index contributed by atoms with van der Waals surface area (Å²) < 4.78 is 0. The van der Waals surface area contributed by atoms with Crippen molar-refractivity contribution in [2.75, 3.05) is 0 Å². The molecule has 7 aromatic rings. The van der Waals surface area contributed by atoms with Crippen molar-refractivity contribution in [1.82, 2.24) is 0 Å². The van der Waals surface area contributed by atoms with E-state index in [0.717, 1.165) is 11.1 Å². The van der Waals surface area contributed by atoms with E-state index in [1.807, 2.05) is 13.0 Å². The maximum Gasteiger partial charge on any atom is 0.0355 e. The molecule has 0 aromatic heterocycles. The van der Waals surface area contributed by atoms with Gasteiger partial charge in [-0.15, -0.1) is 0 Å². The van der Waals surface area contributed by atoms with Crippen LogP contribution in [0.25, 0.3) is 65.3 Å². The Bertz CT molecular complexity index is 1980. The molecule has 0 saturated heterocycles. The lowest BCUT2D eigenvalue weighted by Crippen LogP contribution is -1.94. The van der Waals surface area contributed by atoms with E-state index < -0.39 is 0 Å². The lowest BCUT2D eigenvalue weighted by atomic mass is 9.87. The smallest absolute Gasteiger partial charge is 0.0355 e. The molecule has 0 heterocycles. The van der Waals surface area contributed by atoms with Gasteiger partial charge in [0.25, 0.3) is 0 Å².